The average Bonchev–Trinajstić information content (AvgIpc) is 2.95. The molecule has 1 saturated heterocycles. The molecule has 0 amide bonds. The van der Waals surface area contributed by atoms with Crippen LogP contribution in [0.4, 0.5) is 5.69 Å². The van der Waals surface area contributed by atoms with Gasteiger partial charge in [0.15, 0.2) is 0 Å². The molecule has 0 bridgehead atoms. The molecular formula is C15H13N3O. The Bertz CT molecular complexity index is 675. The van der Waals surface area contributed by atoms with E-state index in [1.807, 2.05) is 36.4 Å². The number of hydrogen-bond acceptors (Lipinski definition) is 4. The lowest BCUT2D eigenvalue weighted by Gasteiger charge is -2.20. The molecule has 1 aliphatic rings. The quantitative estimate of drug-likeness (QED) is 0.771. The number of fused-ring (bicyclic) bond motifs is 1. The Kier molecular flexibility index (Phi) is 2.88. The molecule has 0 aromatic heterocycles. The largest absolute Gasteiger partial charge is 0.369 e. The Balaban J connectivity index is 2.11. The number of rotatable bonds is 2. The van der Waals surface area contributed by atoms with Gasteiger partial charge in [0, 0.05) is 29.5 Å². The summed E-state index contributed by atoms with van der Waals surface area (Å²) in [6.07, 6.45) is 0.803. The molecule has 1 atom stereocenters. The van der Waals surface area contributed by atoms with Gasteiger partial charge in [-0.15, -0.1) is 0 Å². The number of nitroso groups, excluding NO2 is 1. The molecule has 4 heteroatoms. The standard InChI is InChI=1S/C15H13N3O/c16-9-11-5-6-15(14-4-2-1-3-13(11)14)18-8-7-12(10-18)17-19/h1-6,12H,7-8,10H2. The fourth-order valence-corrected chi connectivity index (χ4v) is 2.70. The van der Waals surface area contributed by atoms with Crippen LogP contribution in [-0.4, -0.2) is 19.1 Å². The number of nitriles is 1. The first-order valence-electron chi connectivity index (χ1n) is 6.32. The summed E-state index contributed by atoms with van der Waals surface area (Å²) in [5.41, 5.74) is 1.77. The van der Waals surface area contributed by atoms with Crippen molar-refractivity contribution in [3.05, 3.63) is 46.9 Å². The topological polar surface area (TPSA) is 56.5 Å². The molecule has 1 heterocycles. The average molecular weight is 251 g/mol. The van der Waals surface area contributed by atoms with Gasteiger partial charge in [-0.25, -0.2) is 0 Å². The minimum absolute atomic E-state index is 0.116. The van der Waals surface area contributed by atoms with E-state index in [2.05, 4.69) is 16.1 Å². The van der Waals surface area contributed by atoms with Crippen molar-refractivity contribution < 1.29 is 0 Å². The van der Waals surface area contributed by atoms with E-state index in [0.29, 0.717) is 12.1 Å². The van der Waals surface area contributed by atoms with Gasteiger partial charge in [-0.2, -0.15) is 10.2 Å². The third-order valence-corrected chi connectivity index (χ3v) is 3.67. The van der Waals surface area contributed by atoms with Gasteiger partial charge in [0.05, 0.1) is 11.6 Å². The molecule has 94 valence electrons. The minimum Gasteiger partial charge on any atom is -0.369 e. The highest BCUT2D eigenvalue weighted by atomic mass is 16.3. The zero-order valence-electron chi connectivity index (χ0n) is 10.4. The van der Waals surface area contributed by atoms with Crippen molar-refractivity contribution in [1.29, 1.82) is 5.26 Å². The molecule has 1 unspecified atom stereocenters. The fourth-order valence-electron chi connectivity index (χ4n) is 2.70. The predicted octanol–water partition coefficient (Wildman–Crippen LogP) is 3.06. The van der Waals surface area contributed by atoms with Crippen LogP contribution < -0.4 is 4.90 Å². The van der Waals surface area contributed by atoms with Crippen molar-refractivity contribution in [3.8, 4) is 6.07 Å². The second-order valence-electron chi connectivity index (χ2n) is 4.78. The number of anilines is 1. The van der Waals surface area contributed by atoms with E-state index in [9.17, 15) is 4.91 Å². The van der Waals surface area contributed by atoms with Gasteiger partial charge < -0.3 is 4.90 Å². The molecule has 4 nitrogen and oxygen atoms in total. The molecule has 1 aliphatic heterocycles. The Labute approximate surface area is 111 Å². The summed E-state index contributed by atoms with van der Waals surface area (Å²) >= 11 is 0. The summed E-state index contributed by atoms with van der Waals surface area (Å²) in [4.78, 5) is 12.8. The van der Waals surface area contributed by atoms with Crippen LogP contribution in [0.1, 0.15) is 12.0 Å². The van der Waals surface area contributed by atoms with E-state index in [0.717, 1.165) is 29.4 Å². The van der Waals surface area contributed by atoms with Gasteiger partial charge in [-0.3, -0.25) is 0 Å². The first-order chi connectivity index (χ1) is 9.33. The van der Waals surface area contributed by atoms with E-state index in [4.69, 9.17) is 5.26 Å². The van der Waals surface area contributed by atoms with E-state index >= 15 is 0 Å². The van der Waals surface area contributed by atoms with Gasteiger partial charge in [0.2, 0.25) is 0 Å². The zero-order valence-corrected chi connectivity index (χ0v) is 10.4. The van der Waals surface area contributed by atoms with Crippen LogP contribution in [0, 0.1) is 16.2 Å². The summed E-state index contributed by atoms with van der Waals surface area (Å²) in [5, 5.41) is 14.3. The molecule has 3 rings (SSSR count). The molecule has 0 radical (unpaired) electrons. The molecule has 0 saturated carbocycles. The predicted molar refractivity (Wildman–Crippen MR) is 75.1 cm³/mol. The third kappa shape index (κ3) is 1.93. The van der Waals surface area contributed by atoms with Gasteiger partial charge in [0.25, 0.3) is 0 Å². The monoisotopic (exact) mass is 251 g/mol. The lowest BCUT2D eigenvalue weighted by Crippen LogP contribution is -2.20. The Morgan fingerprint density at radius 2 is 2.00 bits per heavy atom. The Hall–Kier alpha value is -2.41. The lowest BCUT2D eigenvalue weighted by molar-refractivity contribution is 0.748. The van der Waals surface area contributed by atoms with Crippen molar-refractivity contribution in [3.63, 3.8) is 0 Å². The summed E-state index contributed by atoms with van der Waals surface area (Å²) in [7, 11) is 0. The second-order valence-corrected chi connectivity index (χ2v) is 4.78. The summed E-state index contributed by atoms with van der Waals surface area (Å²) < 4.78 is 0. The molecule has 19 heavy (non-hydrogen) atoms. The molecule has 1 fully saturated rings. The first-order valence-corrected chi connectivity index (χ1v) is 6.32. The van der Waals surface area contributed by atoms with Crippen LogP contribution in [0.5, 0.6) is 0 Å². The first kappa shape index (κ1) is 11.7. The smallest absolute Gasteiger partial charge is 0.111 e. The third-order valence-electron chi connectivity index (χ3n) is 3.67. The Morgan fingerprint density at radius 1 is 1.21 bits per heavy atom. The summed E-state index contributed by atoms with van der Waals surface area (Å²) in [6.45, 7) is 1.51. The maximum atomic E-state index is 10.6. The van der Waals surface area contributed by atoms with Crippen molar-refractivity contribution in [2.24, 2.45) is 5.18 Å². The van der Waals surface area contributed by atoms with Gasteiger partial charge in [-0.1, -0.05) is 29.4 Å². The lowest BCUT2D eigenvalue weighted by atomic mass is 10.0. The van der Waals surface area contributed by atoms with E-state index < -0.39 is 0 Å². The number of benzene rings is 2. The van der Waals surface area contributed by atoms with Crippen LogP contribution in [0.25, 0.3) is 10.8 Å². The van der Waals surface area contributed by atoms with Gasteiger partial charge >= 0.3 is 0 Å². The van der Waals surface area contributed by atoms with E-state index in [-0.39, 0.29) is 6.04 Å². The Morgan fingerprint density at radius 3 is 2.68 bits per heavy atom. The highest BCUT2D eigenvalue weighted by Gasteiger charge is 2.24. The second kappa shape index (κ2) is 4.69. The summed E-state index contributed by atoms with van der Waals surface area (Å²) in [6, 6.07) is 13.8. The number of nitrogens with zero attached hydrogens (tertiary/aromatic N) is 3. The normalized spacial score (nSPS) is 18.5. The molecular weight excluding hydrogens is 238 g/mol. The summed E-state index contributed by atoms with van der Waals surface area (Å²) in [5.74, 6) is 0. The van der Waals surface area contributed by atoms with Gasteiger partial charge in [-0.05, 0) is 18.6 Å². The SMILES string of the molecule is N#Cc1ccc(N2CCC(N=O)C2)c2ccccc12. The molecule has 0 N–H and O–H groups in total. The van der Waals surface area contributed by atoms with Crippen LogP contribution in [-0.2, 0) is 0 Å². The highest BCUT2D eigenvalue weighted by Crippen LogP contribution is 2.31. The molecule has 2 aromatic rings. The van der Waals surface area contributed by atoms with Crippen LogP contribution >= 0.6 is 0 Å². The highest BCUT2D eigenvalue weighted by molar-refractivity contribution is 5.97. The minimum atomic E-state index is -0.116. The van der Waals surface area contributed by atoms with Crippen molar-refractivity contribution in [1.82, 2.24) is 0 Å². The van der Waals surface area contributed by atoms with Crippen molar-refractivity contribution in [2.75, 3.05) is 18.0 Å². The zero-order chi connectivity index (χ0) is 13.2. The number of hydrogen-bond donors (Lipinski definition) is 0. The molecule has 0 spiro atoms. The van der Waals surface area contributed by atoms with Gasteiger partial charge in [0.1, 0.15) is 6.04 Å². The van der Waals surface area contributed by atoms with Crippen LogP contribution in [0.15, 0.2) is 41.6 Å². The van der Waals surface area contributed by atoms with Crippen molar-refractivity contribution in [2.45, 2.75) is 12.5 Å². The van der Waals surface area contributed by atoms with Crippen LogP contribution in [0.2, 0.25) is 0 Å². The van der Waals surface area contributed by atoms with Crippen molar-refractivity contribution >= 4 is 16.5 Å². The maximum absolute atomic E-state index is 10.6. The molecule has 0 aliphatic carbocycles. The van der Waals surface area contributed by atoms with E-state index in [1.54, 1.807) is 0 Å². The molecule has 2 aromatic carbocycles. The van der Waals surface area contributed by atoms with E-state index in [1.165, 1.54) is 0 Å². The fraction of sp³-hybridized carbons (Fsp3) is 0.267. The maximum Gasteiger partial charge on any atom is 0.111 e. The van der Waals surface area contributed by atoms with Crippen LogP contribution in [0.3, 0.4) is 0 Å².